The monoisotopic (exact) mass is 373 g/mol. The largest absolute Gasteiger partial charge is 0.384 e. The quantitative estimate of drug-likeness (QED) is 0.556. The highest BCUT2D eigenvalue weighted by Crippen LogP contribution is 2.16. The maximum atomic E-state index is 3.49. The minimum atomic E-state index is 0.842. The van der Waals surface area contributed by atoms with Gasteiger partial charge in [-0.05, 0) is 51.2 Å². The summed E-state index contributed by atoms with van der Waals surface area (Å²) in [6.07, 6.45) is 5.33. The van der Waals surface area contributed by atoms with E-state index in [1.165, 1.54) is 35.8 Å². The number of unbranched alkanes of at least 4 members (excludes halogenated alkanes) is 1. The van der Waals surface area contributed by atoms with E-state index in [2.05, 4.69) is 51.9 Å². The summed E-state index contributed by atoms with van der Waals surface area (Å²) in [5, 5.41) is 11.9. The third-order valence-corrected chi connectivity index (χ3v) is 5.31. The molecule has 0 spiro atoms. The van der Waals surface area contributed by atoms with Crippen molar-refractivity contribution in [2.75, 3.05) is 11.9 Å². The zero-order chi connectivity index (χ0) is 14.6. The molecule has 0 fully saturated rings. The zero-order valence-corrected chi connectivity index (χ0v) is 15.5. The van der Waals surface area contributed by atoms with Crippen LogP contribution in [0.5, 0.6) is 0 Å². The molecule has 2 aromatic rings. The van der Waals surface area contributed by atoms with Crippen molar-refractivity contribution in [2.24, 2.45) is 5.92 Å². The van der Waals surface area contributed by atoms with E-state index in [4.69, 9.17) is 0 Å². The standard InChI is InChI=1S/C12H21NS.C4H3BrS/c1-3-5-6-11(4-2)9-13-12-7-8-14-10-12;5-4-1-2-6-3-4/h7-8,10-11,13H,3-6,9H2,1-2H3;1-3H. The van der Waals surface area contributed by atoms with Crippen molar-refractivity contribution in [3.05, 3.63) is 38.1 Å². The Kier molecular flexibility index (Phi) is 10.1. The van der Waals surface area contributed by atoms with Crippen LogP contribution < -0.4 is 5.32 Å². The normalized spacial score (nSPS) is 11.6. The number of rotatable bonds is 7. The van der Waals surface area contributed by atoms with E-state index in [0.29, 0.717) is 0 Å². The second kappa shape index (κ2) is 11.4. The molecule has 20 heavy (non-hydrogen) atoms. The van der Waals surface area contributed by atoms with Crippen LogP contribution in [0.1, 0.15) is 39.5 Å². The summed E-state index contributed by atoms with van der Waals surface area (Å²) in [5.41, 5.74) is 1.28. The van der Waals surface area contributed by atoms with Crippen LogP contribution in [0.15, 0.2) is 38.1 Å². The number of halogens is 1. The van der Waals surface area contributed by atoms with Crippen molar-refractivity contribution in [3.63, 3.8) is 0 Å². The van der Waals surface area contributed by atoms with Gasteiger partial charge in [-0.2, -0.15) is 22.7 Å². The first-order valence-electron chi connectivity index (χ1n) is 7.20. The van der Waals surface area contributed by atoms with Crippen LogP contribution in [0.3, 0.4) is 0 Å². The van der Waals surface area contributed by atoms with E-state index in [1.807, 2.05) is 16.8 Å². The Morgan fingerprint density at radius 1 is 1.15 bits per heavy atom. The number of thiophene rings is 2. The molecule has 0 saturated carbocycles. The fourth-order valence-corrected chi connectivity index (χ4v) is 3.57. The molecule has 1 N–H and O–H groups in total. The molecule has 0 bridgehead atoms. The molecule has 1 unspecified atom stereocenters. The molecule has 0 aliphatic carbocycles. The fraction of sp³-hybridized carbons (Fsp3) is 0.500. The lowest BCUT2D eigenvalue weighted by Gasteiger charge is -2.15. The minimum absolute atomic E-state index is 0.842. The third kappa shape index (κ3) is 8.08. The summed E-state index contributed by atoms with van der Waals surface area (Å²) in [7, 11) is 0. The van der Waals surface area contributed by atoms with E-state index in [1.54, 1.807) is 22.7 Å². The highest BCUT2D eigenvalue weighted by atomic mass is 79.9. The lowest BCUT2D eigenvalue weighted by Crippen LogP contribution is -2.13. The van der Waals surface area contributed by atoms with Gasteiger partial charge < -0.3 is 5.32 Å². The van der Waals surface area contributed by atoms with Gasteiger partial charge in [-0.1, -0.05) is 33.1 Å². The van der Waals surface area contributed by atoms with Crippen molar-refractivity contribution in [1.82, 2.24) is 0 Å². The molecule has 0 aliphatic rings. The van der Waals surface area contributed by atoms with Gasteiger partial charge in [0.05, 0.1) is 0 Å². The predicted octanol–water partition coefficient (Wildman–Crippen LogP) is 6.89. The highest BCUT2D eigenvalue weighted by Gasteiger charge is 2.05. The summed E-state index contributed by atoms with van der Waals surface area (Å²) in [5.74, 6) is 0.842. The molecule has 0 aliphatic heterocycles. The summed E-state index contributed by atoms with van der Waals surface area (Å²) < 4.78 is 1.17. The van der Waals surface area contributed by atoms with E-state index in [-0.39, 0.29) is 0 Å². The van der Waals surface area contributed by atoms with Gasteiger partial charge in [0.2, 0.25) is 0 Å². The number of nitrogens with one attached hydrogen (secondary N) is 1. The van der Waals surface area contributed by atoms with E-state index in [9.17, 15) is 0 Å². The lowest BCUT2D eigenvalue weighted by atomic mass is 9.99. The summed E-state index contributed by atoms with van der Waals surface area (Å²) >= 11 is 6.74. The first-order chi connectivity index (χ1) is 9.76. The van der Waals surface area contributed by atoms with Crippen molar-refractivity contribution in [2.45, 2.75) is 39.5 Å². The Hall–Kier alpha value is -0.320. The Morgan fingerprint density at radius 3 is 2.35 bits per heavy atom. The minimum Gasteiger partial charge on any atom is -0.384 e. The maximum absolute atomic E-state index is 3.49. The van der Waals surface area contributed by atoms with Crippen molar-refractivity contribution >= 4 is 44.3 Å². The molecular weight excluding hydrogens is 350 g/mol. The number of hydrogen-bond acceptors (Lipinski definition) is 3. The summed E-state index contributed by atoms with van der Waals surface area (Å²) in [4.78, 5) is 0. The van der Waals surface area contributed by atoms with Gasteiger partial charge in [0, 0.05) is 27.5 Å². The highest BCUT2D eigenvalue weighted by molar-refractivity contribution is 9.10. The first kappa shape index (κ1) is 17.7. The first-order valence-corrected chi connectivity index (χ1v) is 9.87. The van der Waals surface area contributed by atoms with Gasteiger partial charge in [-0.15, -0.1) is 0 Å². The zero-order valence-electron chi connectivity index (χ0n) is 12.3. The van der Waals surface area contributed by atoms with Gasteiger partial charge in [-0.3, -0.25) is 0 Å². The number of hydrogen-bond donors (Lipinski definition) is 1. The van der Waals surface area contributed by atoms with E-state index >= 15 is 0 Å². The van der Waals surface area contributed by atoms with Gasteiger partial charge in [0.1, 0.15) is 0 Å². The van der Waals surface area contributed by atoms with Gasteiger partial charge in [0.25, 0.3) is 0 Å². The Labute approximate surface area is 139 Å². The second-order valence-electron chi connectivity index (χ2n) is 4.75. The van der Waals surface area contributed by atoms with Crippen LogP contribution in [0, 0.1) is 5.92 Å². The van der Waals surface area contributed by atoms with Crippen LogP contribution in [0.25, 0.3) is 0 Å². The van der Waals surface area contributed by atoms with Crippen LogP contribution in [0.4, 0.5) is 5.69 Å². The van der Waals surface area contributed by atoms with Crippen LogP contribution >= 0.6 is 38.6 Å². The molecule has 1 nitrogen and oxygen atoms in total. The third-order valence-electron chi connectivity index (χ3n) is 3.15. The van der Waals surface area contributed by atoms with Gasteiger partial charge in [-0.25, -0.2) is 0 Å². The lowest BCUT2D eigenvalue weighted by molar-refractivity contribution is 0.473. The fourth-order valence-electron chi connectivity index (χ4n) is 1.82. The van der Waals surface area contributed by atoms with Crippen molar-refractivity contribution in [1.29, 1.82) is 0 Å². The molecule has 2 rings (SSSR count). The molecule has 0 amide bonds. The molecule has 2 aromatic heterocycles. The SMILES string of the molecule is Brc1ccsc1.CCCCC(CC)CNc1ccsc1. The average Bonchev–Trinajstić information content (AvgIpc) is 3.13. The smallest absolute Gasteiger partial charge is 0.0448 e. The molecule has 0 radical (unpaired) electrons. The molecular formula is C16H24BrNS2. The van der Waals surface area contributed by atoms with E-state index in [0.717, 1.165) is 12.5 Å². The van der Waals surface area contributed by atoms with Gasteiger partial charge >= 0.3 is 0 Å². The molecule has 4 heteroatoms. The van der Waals surface area contributed by atoms with Crippen LogP contribution in [-0.2, 0) is 0 Å². The van der Waals surface area contributed by atoms with E-state index < -0.39 is 0 Å². The Balaban J connectivity index is 0.000000276. The van der Waals surface area contributed by atoms with Crippen molar-refractivity contribution in [3.8, 4) is 0 Å². The predicted molar refractivity (Wildman–Crippen MR) is 98.1 cm³/mol. The number of anilines is 1. The maximum Gasteiger partial charge on any atom is 0.0448 e. The Morgan fingerprint density at radius 2 is 1.90 bits per heavy atom. The van der Waals surface area contributed by atoms with Gasteiger partial charge in [0.15, 0.2) is 0 Å². The molecule has 2 heterocycles. The molecule has 112 valence electrons. The van der Waals surface area contributed by atoms with Crippen LogP contribution in [0.2, 0.25) is 0 Å². The second-order valence-corrected chi connectivity index (χ2v) is 7.23. The molecule has 1 atom stereocenters. The molecule has 0 aromatic carbocycles. The topological polar surface area (TPSA) is 12.0 Å². The van der Waals surface area contributed by atoms with Crippen molar-refractivity contribution < 1.29 is 0 Å². The average molecular weight is 374 g/mol. The Bertz CT molecular complexity index is 412. The summed E-state index contributed by atoms with van der Waals surface area (Å²) in [6.45, 7) is 5.68. The summed E-state index contributed by atoms with van der Waals surface area (Å²) in [6, 6.07) is 4.17. The van der Waals surface area contributed by atoms with Crippen LogP contribution in [-0.4, -0.2) is 6.54 Å². The molecule has 0 saturated heterocycles.